The first-order valence-corrected chi connectivity index (χ1v) is 35.7. The van der Waals surface area contributed by atoms with E-state index in [4.69, 9.17) is 9.47 Å². The van der Waals surface area contributed by atoms with Gasteiger partial charge in [0.15, 0.2) is 6.10 Å². The van der Waals surface area contributed by atoms with E-state index in [1.807, 2.05) is 0 Å². The summed E-state index contributed by atoms with van der Waals surface area (Å²) in [5, 5.41) is 9.70. The molecule has 0 fully saturated rings. The lowest BCUT2D eigenvalue weighted by Crippen LogP contribution is -2.28. The Morgan fingerprint density at radius 1 is 0.286 bits per heavy atom. The molecule has 84 heavy (non-hydrogen) atoms. The Labute approximate surface area is 521 Å². The molecule has 0 aromatic heterocycles. The number of carbonyl (C=O) groups is 2. The summed E-state index contributed by atoms with van der Waals surface area (Å²) in [7, 11) is 0. The molecule has 0 aromatic rings. The van der Waals surface area contributed by atoms with E-state index in [2.05, 4.69) is 148 Å². The third kappa shape index (κ3) is 70.5. The topological polar surface area (TPSA) is 72.8 Å². The number of aliphatic hydroxyl groups is 1. The van der Waals surface area contributed by atoms with Gasteiger partial charge in [-0.2, -0.15) is 0 Å². The van der Waals surface area contributed by atoms with E-state index in [1.54, 1.807) is 0 Å². The standard InChI is InChI=1S/C79H134O5/c1-3-5-7-9-11-13-15-17-19-21-23-25-27-29-31-33-35-37-39-41-43-45-47-49-51-53-55-57-59-61-63-65-67-69-71-73-78(81)83-76-77(75-80)84-79(82)74-72-70-68-66-64-62-60-58-56-54-52-50-48-46-44-42-40-38-36-34-32-30-28-26-24-22-20-18-16-14-12-10-8-6-4-2/h6,8,12,14,18,20-21,23-24,26,30,32,36,38,42,44,48,50,54,56,60,62,77,80H,3-5,7,9-11,13,15-17,19,22,25,27-29,31,33-35,37,39-41,43,45-47,49,51-53,55,57-59,61,63-76H2,1-2H3/b8-6-,14-12-,20-18-,23-21-,26-24-,32-30-,38-36-,44-42-,50-48-,56-54-,62-60-. The van der Waals surface area contributed by atoms with Crippen molar-refractivity contribution < 1.29 is 24.2 Å². The maximum absolute atomic E-state index is 12.4. The first kappa shape index (κ1) is 80.0. The van der Waals surface area contributed by atoms with Gasteiger partial charge in [-0.05, 0) is 116 Å². The summed E-state index contributed by atoms with van der Waals surface area (Å²) >= 11 is 0. The van der Waals surface area contributed by atoms with Crippen LogP contribution < -0.4 is 0 Å². The molecule has 5 nitrogen and oxygen atoms in total. The molecule has 0 bridgehead atoms. The van der Waals surface area contributed by atoms with Crippen molar-refractivity contribution in [3.05, 3.63) is 134 Å². The fourth-order valence-corrected chi connectivity index (χ4v) is 10.1. The highest BCUT2D eigenvalue weighted by molar-refractivity contribution is 5.70. The Morgan fingerprint density at radius 3 is 0.786 bits per heavy atom. The van der Waals surface area contributed by atoms with E-state index in [1.165, 1.54) is 193 Å². The molecular weight excluding hydrogens is 1030 g/mol. The summed E-state index contributed by atoms with van der Waals surface area (Å²) in [5.74, 6) is -0.616. The van der Waals surface area contributed by atoms with E-state index < -0.39 is 6.10 Å². The molecule has 1 unspecified atom stereocenters. The van der Waals surface area contributed by atoms with Crippen LogP contribution in [0, 0.1) is 0 Å². The largest absolute Gasteiger partial charge is 0.462 e. The van der Waals surface area contributed by atoms with Gasteiger partial charge in [0.25, 0.3) is 0 Å². The molecule has 5 heteroatoms. The third-order valence-electron chi connectivity index (χ3n) is 15.4. The van der Waals surface area contributed by atoms with Crippen LogP contribution in [0.3, 0.4) is 0 Å². The molecular formula is C79H134O5. The summed E-state index contributed by atoms with van der Waals surface area (Å²) in [5.41, 5.74) is 0. The van der Waals surface area contributed by atoms with Crippen LogP contribution in [0.15, 0.2) is 134 Å². The van der Waals surface area contributed by atoms with Gasteiger partial charge in [0.2, 0.25) is 0 Å². The fourth-order valence-electron chi connectivity index (χ4n) is 10.1. The van der Waals surface area contributed by atoms with Crippen LogP contribution in [0.1, 0.15) is 335 Å². The van der Waals surface area contributed by atoms with Crippen LogP contribution in [0.5, 0.6) is 0 Å². The molecule has 0 spiro atoms. The molecule has 0 saturated heterocycles. The Morgan fingerprint density at radius 2 is 0.512 bits per heavy atom. The molecule has 0 saturated carbocycles. The number of hydrogen-bond donors (Lipinski definition) is 1. The molecule has 480 valence electrons. The number of rotatable bonds is 65. The lowest BCUT2D eigenvalue weighted by Gasteiger charge is -2.15. The van der Waals surface area contributed by atoms with E-state index in [-0.39, 0.29) is 25.2 Å². The van der Waals surface area contributed by atoms with Gasteiger partial charge in [0.1, 0.15) is 6.61 Å². The number of esters is 2. The first-order valence-electron chi connectivity index (χ1n) is 35.7. The summed E-state index contributed by atoms with van der Waals surface area (Å²) in [6.07, 6.45) is 109. The lowest BCUT2D eigenvalue weighted by atomic mass is 10.0. The van der Waals surface area contributed by atoms with Gasteiger partial charge in [-0.3, -0.25) is 9.59 Å². The molecule has 0 aliphatic carbocycles. The van der Waals surface area contributed by atoms with E-state index in [9.17, 15) is 14.7 Å². The minimum absolute atomic E-state index is 0.0811. The van der Waals surface area contributed by atoms with Crippen molar-refractivity contribution in [2.45, 2.75) is 341 Å². The van der Waals surface area contributed by atoms with Crippen molar-refractivity contribution in [2.24, 2.45) is 0 Å². The number of allylic oxidation sites excluding steroid dienone is 22. The monoisotopic (exact) mass is 1160 g/mol. The molecule has 0 aliphatic heterocycles. The van der Waals surface area contributed by atoms with Gasteiger partial charge in [0, 0.05) is 12.8 Å². The van der Waals surface area contributed by atoms with Crippen LogP contribution in [-0.2, 0) is 19.1 Å². The van der Waals surface area contributed by atoms with Gasteiger partial charge in [0.05, 0.1) is 6.61 Å². The second-order valence-corrected chi connectivity index (χ2v) is 23.6. The maximum Gasteiger partial charge on any atom is 0.306 e. The molecule has 0 amide bonds. The number of unbranched alkanes of at least 4 members (excludes halogenated alkanes) is 35. The second kappa shape index (κ2) is 73.3. The summed E-state index contributed by atoms with van der Waals surface area (Å²) in [4.78, 5) is 24.7. The molecule has 0 heterocycles. The average molecular weight is 1160 g/mol. The van der Waals surface area contributed by atoms with Gasteiger partial charge in [-0.25, -0.2) is 0 Å². The molecule has 1 atom stereocenters. The van der Waals surface area contributed by atoms with Crippen molar-refractivity contribution in [2.75, 3.05) is 13.2 Å². The summed E-state index contributed by atoms with van der Waals surface area (Å²) in [6.45, 7) is 4.03. The molecule has 0 rings (SSSR count). The summed E-state index contributed by atoms with van der Waals surface area (Å²) in [6, 6.07) is 0. The lowest BCUT2D eigenvalue weighted by molar-refractivity contribution is -0.161. The zero-order valence-electron chi connectivity index (χ0n) is 55.1. The van der Waals surface area contributed by atoms with Gasteiger partial charge in [-0.1, -0.05) is 340 Å². The van der Waals surface area contributed by atoms with Crippen LogP contribution in [-0.4, -0.2) is 36.4 Å². The third-order valence-corrected chi connectivity index (χ3v) is 15.4. The van der Waals surface area contributed by atoms with Crippen molar-refractivity contribution in [1.82, 2.24) is 0 Å². The van der Waals surface area contributed by atoms with Crippen molar-refractivity contribution in [1.29, 1.82) is 0 Å². The van der Waals surface area contributed by atoms with E-state index in [0.29, 0.717) is 12.8 Å². The minimum Gasteiger partial charge on any atom is -0.462 e. The van der Waals surface area contributed by atoms with Crippen LogP contribution >= 0.6 is 0 Å². The Bertz CT molecular complexity index is 1700. The van der Waals surface area contributed by atoms with E-state index >= 15 is 0 Å². The number of hydrogen-bond acceptors (Lipinski definition) is 5. The average Bonchev–Trinajstić information content (AvgIpc) is 3.51. The normalized spacial score (nSPS) is 13.0. The van der Waals surface area contributed by atoms with Crippen molar-refractivity contribution >= 4 is 11.9 Å². The quantitative estimate of drug-likeness (QED) is 0.0373. The predicted molar refractivity (Wildman–Crippen MR) is 371 cm³/mol. The van der Waals surface area contributed by atoms with Crippen LogP contribution in [0.2, 0.25) is 0 Å². The molecule has 0 aliphatic rings. The highest BCUT2D eigenvalue weighted by atomic mass is 16.6. The van der Waals surface area contributed by atoms with Gasteiger partial charge in [-0.15, -0.1) is 0 Å². The Kier molecular flexibility index (Phi) is 69.8. The SMILES string of the molecule is CC/C=C\C/C=C\C/C=C\C/C=C\C/C=C\C/C=C\C/C=C\C/C=C\C/C=C\C/C=C\CCCCCCC(=O)OC(CO)COC(=O)CCCCCCCCCCCCCCCCCCCCCCCCC/C=C\CCCCCCCCCC. The Hall–Kier alpha value is -3.96. The van der Waals surface area contributed by atoms with Gasteiger partial charge < -0.3 is 14.6 Å². The molecule has 0 aromatic carbocycles. The van der Waals surface area contributed by atoms with Crippen LogP contribution in [0.4, 0.5) is 0 Å². The Balaban J connectivity index is 3.53. The smallest absolute Gasteiger partial charge is 0.306 e. The second-order valence-electron chi connectivity index (χ2n) is 23.6. The van der Waals surface area contributed by atoms with Gasteiger partial charge >= 0.3 is 11.9 Å². The first-order chi connectivity index (χ1) is 41.6. The number of aliphatic hydroxyl groups excluding tert-OH is 1. The molecule has 0 radical (unpaired) electrons. The maximum atomic E-state index is 12.4. The zero-order valence-corrected chi connectivity index (χ0v) is 55.1. The summed E-state index contributed by atoms with van der Waals surface area (Å²) < 4.78 is 10.7. The van der Waals surface area contributed by atoms with E-state index in [0.717, 1.165) is 116 Å². The number of carbonyl (C=O) groups excluding carboxylic acids is 2. The van der Waals surface area contributed by atoms with Crippen LogP contribution in [0.25, 0.3) is 0 Å². The molecule has 1 N–H and O–H groups in total. The highest BCUT2D eigenvalue weighted by Gasteiger charge is 2.16. The predicted octanol–water partition coefficient (Wildman–Crippen LogP) is 25.1. The number of ether oxygens (including phenoxy) is 2. The van der Waals surface area contributed by atoms with Crippen molar-refractivity contribution in [3.63, 3.8) is 0 Å². The fraction of sp³-hybridized carbons (Fsp3) is 0.696. The minimum atomic E-state index is -0.796. The zero-order chi connectivity index (χ0) is 60.5. The highest BCUT2D eigenvalue weighted by Crippen LogP contribution is 2.17. The van der Waals surface area contributed by atoms with Crippen molar-refractivity contribution in [3.8, 4) is 0 Å².